The first-order valence-electron chi connectivity index (χ1n) is 7.51. The lowest BCUT2D eigenvalue weighted by Crippen LogP contribution is -2.16. The Morgan fingerprint density at radius 3 is 2.53 bits per heavy atom. The molecule has 1 atom stereocenters. The number of benzene rings is 2. The van der Waals surface area contributed by atoms with E-state index in [9.17, 15) is 0 Å². The van der Waals surface area contributed by atoms with Crippen LogP contribution in [0.3, 0.4) is 0 Å². The molecule has 1 heteroatoms. The van der Waals surface area contributed by atoms with Gasteiger partial charge in [0, 0.05) is 6.04 Å². The van der Waals surface area contributed by atoms with Gasteiger partial charge in [-0.1, -0.05) is 75.1 Å². The molecule has 0 radical (unpaired) electrons. The summed E-state index contributed by atoms with van der Waals surface area (Å²) in [5.41, 5.74) is 1.44. The van der Waals surface area contributed by atoms with Gasteiger partial charge in [-0.2, -0.15) is 0 Å². The van der Waals surface area contributed by atoms with Gasteiger partial charge in [0.1, 0.15) is 0 Å². The van der Waals surface area contributed by atoms with Crippen LogP contribution in [0.4, 0.5) is 0 Å². The molecule has 0 aromatic heterocycles. The van der Waals surface area contributed by atoms with Crippen molar-refractivity contribution < 1.29 is 0 Å². The lowest BCUT2D eigenvalue weighted by molar-refractivity contribution is 0.508. The Balaban J connectivity index is 2.16. The minimum absolute atomic E-state index is 0.475. The van der Waals surface area contributed by atoms with Gasteiger partial charge in [-0.3, -0.25) is 0 Å². The third-order valence-electron chi connectivity index (χ3n) is 3.89. The molecule has 0 bridgehead atoms. The third kappa shape index (κ3) is 3.57. The van der Waals surface area contributed by atoms with E-state index in [1.165, 1.54) is 48.4 Å². The number of hydrogen-bond acceptors (Lipinski definition) is 1. The van der Waals surface area contributed by atoms with E-state index < -0.39 is 0 Å². The van der Waals surface area contributed by atoms with Crippen molar-refractivity contribution in [2.45, 2.75) is 45.1 Å². The molecule has 2 aromatic carbocycles. The quantitative estimate of drug-likeness (QED) is 0.681. The summed E-state index contributed by atoms with van der Waals surface area (Å²) in [6.07, 6.45) is 6.54. The van der Waals surface area contributed by atoms with Gasteiger partial charge in [0.2, 0.25) is 0 Å². The molecule has 2 aromatic rings. The largest absolute Gasteiger partial charge is 0.313 e. The Hall–Kier alpha value is -1.34. The second-order valence-electron chi connectivity index (χ2n) is 5.26. The fourth-order valence-electron chi connectivity index (χ4n) is 2.78. The van der Waals surface area contributed by atoms with Gasteiger partial charge < -0.3 is 5.32 Å². The summed E-state index contributed by atoms with van der Waals surface area (Å²) in [4.78, 5) is 0. The maximum Gasteiger partial charge on any atom is 0.0323 e. The van der Waals surface area contributed by atoms with Gasteiger partial charge in [-0.15, -0.1) is 0 Å². The number of unbranched alkanes of at least 4 members (excludes halogenated alkanes) is 3. The summed E-state index contributed by atoms with van der Waals surface area (Å²) >= 11 is 0. The first-order valence-corrected chi connectivity index (χ1v) is 7.51. The zero-order valence-corrected chi connectivity index (χ0v) is 12.2. The minimum Gasteiger partial charge on any atom is -0.313 e. The van der Waals surface area contributed by atoms with Crippen LogP contribution in [-0.2, 0) is 0 Å². The van der Waals surface area contributed by atoms with Gasteiger partial charge in [0.05, 0.1) is 0 Å². The Kier molecular flexibility index (Phi) is 5.41. The fourth-order valence-corrected chi connectivity index (χ4v) is 2.78. The van der Waals surface area contributed by atoms with Crippen molar-refractivity contribution in [1.82, 2.24) is 5.32 Å². The lowest BCUT2D eigenvalue weighted by Gasteiger charge is -2.18. The van der Waals surface area contributed by atoms with Crippen LogP contribution in [0.2, 0.25) is 0 Å². The van der Waals surface area contributed by atoms with E-state index in [2.05, 4.69) is 61.8 Å². The van der Waals surface area contributed by atoms with Crippen molar-refractivity contribution in [3.8, 4) is 0 Å². The highest BCUT2D eigenvalue weighted by Gasteiger charge is 2.11. The lowest BCUT2D eigenvalue weighted by atomic mass is 9.95. The number of fused-ring (bicyclic) bond motifs is 1. The normalized spacial score (nSPS) is 12.7. The molecule has 0 aliphatic carbocycles. The summed E-state index contributed by atoms with van der Waals surface area (Å²) < 4.78 is 0. The average molecular weight is 255 g/mol. The standard InChI is InChI=1S/C18H25N/c1-3-4-5-6-14-18(19-2)17-13-9-11-15-10-7-8-12-16(15)17/h7-13,18-19H,3-6,14H2,1-2H3. The molecular weight excluding hydrogens is 230 g/mol. The van der Waals surface area contributed by atoms with Gasteiger partial charge in [-0.25, -0.2) is 0 Å². The molecule has 0 fully saturated rings. The second kappa shape index (κ2) is 7.30. The zero-order chi connectivity index (χ0) is 13.5. The minimum atomic E-state index is 0.475. The first kappa shape index (κ1) is 14.1. The highest BCUT2D eigenvalue weighted by atomic mass is 14.9. The highest BCUT2D eigenvalue weighted by molar-refractivity contribution is 5.86. The molecule has 19 heavy (non-hydrogen) atoms. The van der Waals surface area contributed by atoms with E-state index >= 15 is 0 Å². The zero-order valence-electron chi connectivity index (χ0n) is 12.2. The van der Waals surface area contributed by atoms with E-state index in [4.69, 9.17) is 0 Å². The second-order valence-corrected chi connectivity index (χ2v) is 5.26. The molecule has 2 rings (SSSR count). The van der Waals surface area contributed by atoms with Crippen LogP contribution in [0.15, 0.2) is 42.5 Å². The van der Waals surface area contributed by atoms with Crippen LogP contribution < -0.4 is 5.32 Å². The molecule has 0 aliphatic heterocycles. The van der Waals surface area contributed by atoms with Crippen LogP contribution in [0.1, 0.15) is 50.6 Å². The fraction of sp³-hybridized carbons (Fsp3) is 0.444. The van der Waals surface area contributed by atoms with Crippen LogP contribution in [-0.4, -0.2) is 7.05 Å². The predicted octanol–water partition coefficient (Wildman–Crippen LogP) is 5.07. The molecule has 0 saturated heterocycles. The molecule has 0 aliphatic rings. The van der Waals surface area contributed by atoms with Crippen molar-refractivity contribution >= 4 is 10.8 Å². The van der Waals surface area contributed by atoms with Crippen molar-refractivity contribution in [3.05, 3.63) is 48.0 Å². The molecule has 102 valence electrons. The molecule has 0 saturated carbocycles. The Morgan fingerprint density at radius 2 is 1.74 bits per heavy atom. The third-order valence-corrected chi connectivity index (χ3v) is 3.89. The smallest absolute Gasteiger partial charge is 0.0323 e. The van der Waals surface area contributed by atoms with E-state index in [1.807, 2.05) is 0 Å². The van der Waals surface area contributed by atoms with Gasteiger partial charge in [0.15, 0.2) is 0 Å². The van der Waals surface area contributed by atoms with Gasteiger partial charge in [-0.05, 0) is 29.8 Å². The van der Waals surface area contributed by atoms with E-state index in [0.717, 1.165) is 0 Å². The molecule has 1 nitrogen and oxygen atoms in total. The topological polar surface area (TPSA) is 12.0 Å². The number of nitrogens with one attached hydrogen (secondary N) is 1. The molecule has 1 N–H and O–H groups in total. The molecule has 0 spiro atoms. The Morgan fingerprint density at radius 1 is 0.947 bits per heavy atom. The van der Waals surface area contributed by atoms with Crippen molar-refractivity contribution in [1.29, 1.82) is 0 Å². The van der Waals surface area contributed by atoms with Crippen LogP contribution >= 0.6 is 0 Å². The predicted molar refractivity (Wildman–Crippen MR) is 84.5 cm³/mol. The van der Waals surface area contributed by atoms with Gasteiger partial charge >= 0.3 is 0 Å². The Bertz CT molecular complexity index is 499. The summed E-state index contributed by atoms with van der Waals surface area (Å²) in [6, 6.07) is 15.8. The molecular formula is C18H25N. The molecule has 0 heterocycles. The monoisotopic (exact) mass is 255 g/mol. The van der Waals surface area contributed by atoms with Crippen LogP contribution in [0, 0.1) is 0 Å². The van der Waals surface area contributed by atoms with E-state index in [-0.39, 0.29) is 0 Å². The highest BCUT2D eigenvalue weighted by Crippen LogP contribution is 2.27. The van der Waals surface area contributed by atoms with E-state index in [0.29, 0.717) is 6.04 Å². The average Bonchev–Trinajstić information content (AvgIpc) is 2.47. The SMILES string of the molecule is CCCCCCC(NC)c1cccc2ccccc12. The summed E-state index contributed by atoms with van der Waals surface area (Å²) in [5, 5.41) is 6.22. The number of rotatable bonds is 7. The van der Waals surface area contributed by atoms with Crippen molar-refractivity contribution in [3.63, 3.8) is 0 Å². The van der Waals surface area contributed by atoms with Gasteiger partial charge in [0.25, 0.3) is 0 Å². The molecule has 1 unspecified atom stereocenters. The summed E-state index contributed by atoms with van der Waals surface area (Å²) in [5.74, 6) is 0. The summed E-state index contributed by atoms with van der Waals surface area (Å²) in [7, 11) is 2.08. The van der Waals surface area contributed by atoms with Crippen molar-refractivity contribution in [2.24, 2.45) is 0 Å². The Labute approximate surface area is 117 Å². The maximum atomic E-state index is 3.49. The number of hydrogen-bond donors (Lipinski definition) is 1. The van der Waals surface area contributed by atoms with E-state index in [1.54, 1.807) is 0 Å². The summed E-state index contributed by atoms with van der Waals surface area (Å²) in [6.45, 7) is 2.26. The first-order chi connectivity index (χ1) is 9.36. The van der Waals surface area contributed by atoms with Crippen LogP contribution in [0.25, 0.3) is 10.8 Å². The van der Waals surface area contributed by atoms with Crippen LogP contribution in [0.5, 0.6) is 0 Å². The maximum absolute atomic E-state index is 3.49. The van der Waals surface area contributed by atoms with Crippen molar-refractivity contribution in [2.75, 3.05) is 7.05 Å². The molecule has 0 amide bonds.